The number of nitrogens with zero attached hydrogens (tertiary/aromatic N) is 3. The van der Waals surface area contributed by atoms with E-state index in [1.807, 2.05) is 0 Å². The quantitative estimate of drug-likeness (QED) is 0.102. The van der Waals surface area contributed by atoms with Gasteiger partial charge >= 0.3 is 6.18 Å². The monoisotopic (exact) mass is 582 g/mol. The highest BCUT2D eigenvalue weighted by Crippen LogP contribution is 2.53. The molecule has 3 aliphatic carbocycles. The molecule has 1 aromatic rings. The first-order valence-electron chi connectivity index (χ1n) is 12.3. The van der Waals surface area contributed by atoms with E-state index in [9.17, 15) is 48.0 Å². The highest BCUT2D eigenvalue weighted by atomic mass is 19.4. The number of aliphatic hydroxyl groups excluding tert-OH is 2. The van der Waals surface area contributed by atoms with Gasteiger partial charge in [0, 0.05) is 24.1 Å². The number of carbonyl (C=O) groups excluding carboxylic acids is 3. The molecule has 0 saturated heterocycles. The number of alkyl halides is 3. The fourth-order valence-electron chi connectivity index (χ4n) is 5.98. The minimum Gasteiger partial charge on any atom is -0.510 e. The lowest BCUT2D eigenvalue weighted by molar-refractivity contribution is -0.148. The molecule has 9 N–H and O–H groups in total. The van der Waals surface area contributed by atoms with E-state index in [1.54, 1.807) is 5.43 Å². The van der Waals surface area contributed by atoms with E-state index in [0.717, 1.165) is 11.2 Å². The molecule has 0 unspecified atom stereocenters. The number of hydrazone groups is 1. The van der Waals surface area contributed by atoms with Crippen molar-refractivity contribution in [3.63, 3.8) is 0 Å². The van der Waals surface area contributed by atoms with E-state index >= 15 is 0 Å². The van der Waals surface area contributed by atoms with Crippen molar-refractivity contribution in [1.82, 2.24) is 10.3 Å². The molecule has 1 aromatic carbocycles. The summed E-state index contributed by atoms with van der Waals surface area (Å²) in [7, 11) is 4.46. The van der Waals surface area contributed by atoms with Crippen LogP contribution in [-0.2, 0) is 16.0 Å². The number of anilines is 1. The Hall–Kier alpha value is -4.15. The van der Waals surface area contributed by atoms with E-state index in [-0.39, 0.29) is 35.2 Å². The van der Waals surface area contributed by atoms with Crippen molar-refractivity contribution in [2.75, 3.05) is 32.7 Å². The number of hydrogen-bond acceptors (Lipinski definition) is 12. The Morgan fingerprint density at radius 2 is 1.88 bits per heavy atom. The van der Waals surface area contributed by atoms with Gasteiger partial charge in [-0.1, -0.05) is 0 Å². The number of rotatable bonds is 6. The van der Waals surface area contributed by atoms with Crippen molar-refractivity contribution >= 4 is 29.4 Å². The first kappa shape index (κ1) is 29.8. The number of benzene rings is 1. The Kier molecular flexibility index (Phi) is 7.30. The van der Waals surface area contributed by atoms with Crippen LogP contribution in [0.5, 0.6) is 5.75 Å². The molecule has 0 radical (unpaired) electrons. The van der Waals surface area contributed by atoms with Crippen LogP contribution in [-0.4, -0.2) is 94.5 Å². The molecule has 3 aliphatic rings. The van der Waals surface area contributed by atoms with Gasteiger partial charge in [0.15, 0.2) is 11.4 Å². The summed E-state index contributed by atoms with van der Waals surface area (Å²) >= 11 is 0. The standard InChI is InChI=1S/C25H29F3N6O7/c1-33(2)17-12-5-9-4-11-13(34(3)30)6-10(7-31-32-8-24(26,27)28)18(35)15(11)19(36)14(9)21(38)25(12,41)22(39)16(20(17)37)23(29)40/h6-7,9,12,17,32,35,37-38,41H,4-5,8,30H2,1-3H3,(H2,29,40)/b31-7+/t9-,12-,17-,25-/m0/s1. The fraction of sp³-hybridized carbons (Fsp3) is 0.440. The summed E-state index contributed by atoms with van der Waals surface area (Å²) in [5, 5.41) is 49.4. The maximum absolute atomic E-state index is 13.9. The van der Waals surface area contributed by atoms with Crippen LogP contribution in [0.4, 0.5) is 18.9 Å². The molecule has 0 bridgehead atoms. The van der Waals surface area contributed by atoms with Crippen molar-refractivity contribution < 1.29 is 48.0 Å². The smallest absolute Gasteiger partial charge is 0.407 e. The Morgan fingerprint density at radius 3 is 2.41 bits per heavy atom. The van der Waals surface area contributed by atoms with E-state index in [1.165, 1.54) is 32.1 Å². The van der Waals surface area contributed by atoms with Gasteiger partial charge in [-0.05, 0) is 44.5 Å². The van der Waals surface area contributed by atoms with E-state index in [0.29, 0.717) is 0 Å². The zero-order valence-corrected chi connectivity index (χ0v) is 22.2. The summed E-state index contributed by atoms with van der Waals surface area (Å²) in [5.41, 5.74) is 2.87. The Balaban J connectivity index is 1.89. The minimum atomic E-state index is -4.56. The number of phenolic OH excluding ortho intramolecular Hbond substituents is 1. The third-order valence-corrected chi connectivity index (χ3v) is 7.68. The van der Waals surface area contributed by atoms with Gasteiger partial charge in [-0.15, -0.1) is 0 Å². The number of phenols is 1. The van der Waals surface area contributed by atoms with Crippen LogP contribution in [0.2, 0.25) is 0 Å². The van der Waals surface area contributed by atoms with Crippen molar-refractivity contribution in [3.05, 3.63) is 45.4 Å². The predicted molar refractivity (Wildman–Crippen MR) is 138 cm³/mol. The molecular weight excluding hydrogens is 553 g/mol. The number of primary amides is 1. The summed E-state index contributed by atoms with van der Waals surface area (Å²) in [6.07, 6.45) is -3.85. The summed E-state index contributed by atoms with van der Waals surface area (Å²) < 4.78 is 37.4. The number of hydrogen-bond donors (Lipinski definition) is 7. The Labute approximate surface area is 231 Å². The molecule has 0 aliphatic heterocycles. The molecule has 0 heterocycles. The molecule has 0 aromatic heterocycles. The molecule has 222 valence electrons. The predicted octanol–water partition coefficient (Wildman–Crippen LogP) is -0.0837. The normalized spacial score (nSPS) is 26.3. The first-order chi connectivity index (χ1) is 18.9. The highest BCUT2D eigenvalue weighted by molar-refractivity contribution is 6.25. The molecule has 4 rings (SSSR count). The first-order valence-corrected chi connectivity index (χ1v) is 12.3. The molecule has 16 heteroatoms. The lowest BCUT2D eigenvalue weighted by Gasteiger charge is -2.50. The van der Waals surface area contributed by atoms with E-state index in [2.05, 4.69) is 5.10 Å². The van der Waals surface area contributed by atoms with Crippen LogP contribution >= 0.6 is 0 Å². The van der Waals surface area contributed by atoms with Crippen molar-refractivity contribution in [2.45, 2.75) is 30.7 Å². The zero-order chi connectivity index (χ0) is 30.8. The number of aliphatic hydroxyl groups is 3. The number of aromatic hydroxyl groups is 1. The summed E-state index contributed by atoms with van der Waals surface area (Å²) in [4.78, 5) is 40.7. The molecular formula is C25H29F3N6O7. The SMILES string of the molecule is CN(N)c1cc(/C=N/NCC(F)(F)F)c(O)c2c1C[C@H]1C[C@H]3[C@H](N(C)C)C(O)=C(C(N)=O)C(=O)[C@@]3(O)C(O)=C1C2=O. The number of amides is 1. The Bertz CT molecular complexity index is 1440. The minimum absolute atomic E-state index is 0.0251. The maximum atomic E-state index is 13.9. The number of nitrogens with one attached hydrogen (secondary N) is 1. The number of hydrazine groups is 1. The van der Waals surface area contributed by atoms with Crippen molar-refractivity contribution in [3.8, 4) is 5.75 Å². The fourth-order valence-corrected chi connectivity index (χ4v) is 5.98. The van der Waals surface area contributed by atoms with Crippen LogP contribution in [0.3, 0.4) is 0 Å². The average Bonchev–Trinajstić information content (AvgIpc) is 2.83. The highest BCUT2D eigenvalue weighted by Gasteiger charge is 2.63. The van der Waals surface area contributed by atoms with Gasteiger partial charge in [-0.25, -0.2) is 5.84 Å². The number of halogens is 3. The van der Waals surface area contributed by atoms with Gasteiger partial charge in [-0.3, -0.25) is 19.3 Å². The van der Waals surface area contributed by atoms with Crippen LogP contribution < -0.4 is 22.0 Å². The lowest BCUT2D eigenvalue weighted by Crippen LogP contribution is -2.63. The zero-order valence-electron chi connectivity index (χ0n) is 22.2. The number of allylic oxidation sites excluding steroid dienone is 1. The van der Waals surface area contributed by atoms with Crippen LogP contribution in [0, 0.1) is 11.8 Å². The van der Waals surface area contributed by atoms with Crippen LogP contribution in [0.1, 0.15) is 27.9 Å². The lowest BCUT2D eigenvalue weighted by atomic mass is 9.58. The number of ketones is 2. The maximum Gasteiger partial charge on any atom is 0.407 e. The summed E-state index contributed by atoms with van der Waals surface area (Å²) in [6.45, 7) is -1.46. The van der Waals surface area contributed by atoms with Crippen LogP contribution in [0.25, 0.3) is 0 Å². The van der Waals surface area contributed by atoms with Gasteiger partial charge in [0.05, 0.1) is 23.5 Å². The third-order valence-electron chi connectivity index (χ3n) is 7.68. The van der Waals surface area contributed by atoms with Crippen molar-refractivity contribution in [2.24, 2.45) is 28.5 Å². The topological polar surface area (TPSA) is 215 Å². The molecule has 4 atom stereocenters. The second-order valence-corrected chi connectivity index (χ2v) is 10.5. The molecule has 1 amide bonds. The van der Waals surface area contributed by atoms with Gasteiger partial charge in [0.1, 0.15) is 29.4 Å². The number of likely N-dealkylation sites (N-methyl/N-ethyl adjacent to an activating group) is 1. The third kappa shape index (κ3) is 4.66. The van der Waals surface area contributed by atoms with Crippen LogP contribution in [0.15, 0.2) is 33.8 Å². The summed E-state index contributed by atoms with van der Waals surface area (Å²) in [5.74, 6) is -2.18. The van der Waals surface area contributed by atoms with E-state index < -0.39 is 82.1 Å². The van der Waals surface area contributed by atoms with Gasteiger partial charge in [0.25, 0.3) is 5.91 Å². The molecule has 0 spiro atoms. The number of nitrogens with two attached hydrogens (primary N) is 2. The van der Waals surface area contributed by atoms with Gasteiger partial charge in [0.2, 0.25) is 5.78 Å². The largest absolute Gasteiger partial charge is 0.510 e. The second kappa shape index (κ2) is 10.0. The average molecular weight is 583 g/mol. The van der Waals surface area contributed by atoms with Gasteiger partial charge < -0.3 is 36.6 Å². The molecule has 0 saturated carbocycles. The number of Topliss-reactive ketones (excluding diaryl/α,β-unsaturated/α-hetero) is 2. The number of carbonyl (C=O) groups is 3. The van der Waals surface area contributed by atoms with Crippen molar-refractivity contribution in [1.29, 1.82) is 0 Å². The number of fused-ring (bicyclic) bond motifs is 3. The molecule has 41 heavy (non-hydrogen) atoms. The molecule has 0 fully saturated rings. The molecule has 13 nitrogen and oxygen atoms in total. The second-order valence-electron chi connectivity index (χ2n) is 10.5. The van der Waals surface area contributed by atoms with E-state index in [4.69, 9.17) is 11.6 Å². The summed E-state index contributed by atoms with van der Waals surface area (Å²) in [6, 6.07) is 0.169. The van der Waals surface area contributed by atoms with Gasteiger partial charge in [-0.2, -0.15) is 18.3 Å². The Morgan fingerprint density at radius 1 is 1.24 bits per heavy atom.